The van der Waals surface area contributed by atoms with E-state index in [1.807, 2.05) is 0 Å². The van der Waals surface area contributed by atoms with Crippen molar-refractivity contribution in [2.45, 2.75) is 13.0 Å². The molecule has 0 bridgehead atoms. The van der Waals surface area contributed by atoms with Crippen LogP contribution in [0.25, 0.3) is 0 Å². The third kappa shape index (κ3) is 5.78. The van der Waals surface area contributed by atoms with Crippen molar-refractivity contribution >= 4 is 0 Å². The molecule has 0 aromatic rings. The molecule has 0 aliphatic rings. The van der Waals surface area contributed by atoms with Crippen molar-refractivity contribution < 1.29 is 13.9 Å². The number of aliphatic hydroxyl groups is 1. The van der Waals surface area contributed by atoms with Crippen molar-refractivity contribution in [3.63, 3.8) is 0 Å². The predicted octanol–water partition coefficient (Wildman–Crippen LogP) is 0.196. The first-order valence-electron chi connectivity index (χ1n) is 2.33. The molecule has 1 N–H and O–H groups in total. The average molecular weight is 124 g/mol. The second kappa shape index (κ2) is 4.93. The van der Waals surface area contributed by atoms with Crippen LogP contribution in [0.1, 0.15) is 6.42 Å². The number of alkyl halides is 2. The lowest BCUT2D eigenvalue weighted by atomic mass is 10.5. The first-order chi connectivity index (χ1) is 3.77. The van der Waals surface area contributed by atoms with Gasteiger partial charge in [0, 0.05) is 13.2 Å². The van der Waals surface area contributed by atoms with Gasteiger partial charge in [-0.3, -0.25) is 0 Å². The van der Waals surface area contributed by atoms with Crippen molar-refractivity contribution in [1.82, 2.24) is 5.32 Å². The average Bonchev–Trinajstić information content (AvgIpc) is 1.66. The summed E-state index contributed by atoms with van der Waals surface area (Å²) in [6.45, 7) is -2.61. The first kappa shape index (κ1) is 7.78. The third-order valence-electron chi connectivity index (χ3n) is 0.583. The molecule has 1 radical (unpaired) electrons. The standard InChI is InChI=1S/C4H8F2NO/c5-4(6)7-2-1-3-8/h4,8H,1-3H2. The van der Waals surface area contributed by atoms with Crippen molar-refractivity contribution in [2.75, 3.05) is 13.2 Å². The van der Waals surface area contributed by atoms with E-state index < -0.39 is 6.55 Å². The lowest BCUT2D eigenvalue weighted by Crippen LogP contribution is -2.13. The summed E-state index contributed by atoms with van der Waals surface area (Å²) in [6.07, 6.45) is 0.324. The molecule has 0 atom stereocenters. The van der Waals surface area contributed by atoms with Gasteiger partial charge >= 0.3 is 6.55 Å². The second-order valence-corrected chi connectivity index (χ2v) is 1.26. The van der Waals surface area contributed by atoms with E-state index in [4.69, 9.17) is 5.11 Å². The fourth-order valence-electron chi connectivity index (χ4n) is 0.260. The number of rotatable bonds is 4. The van der Waals surface area contributed by atoms with Crippen LogP contribution in [0.15, 0.2) is 0 Å². The van der Waals surface area contributed by atoms with Crippen molar-refractivity contribution in [1.29, 1.82) is 0 Å². The van der Waals surface area contributed by atoms with Crippen LogP contribution < -0.4 is 5.32 Å². The summed E-state index contributed by atoms with van der Waals surface area (Å²) in [5, 5.41) is 10.9. The highest BCUT2D eigenvalue weighted by molar-refractivity contribution is 4.39. The Hall–Kier alpha value is -0.220. The zero-order chi connectivity index (χ0) is 6.41. The van der Waals surface area contributed by atoms with E-state index in [0.717, 1.165) is 0 Å². The zero-order valence-electron chi connectivity index (χ0n) is 4.35. The Bertz CT molecular complexity index is 51.3. The lowest BCUT2D eigenvalue weighted by molar-refractivity contribution is 0.101. The molecule has 0 spiro atoms. The van der Waals surface area contributed by atoms with Gasteiger partial charge in [-0.2, -0.15) is 14.1 Å². The molecule has 0 heterocycles. The van der Waals surface area contributed by atoms with Crippen LogP contribution in [0.3, 0.4) is 0 Å². The van der Waals surface area contributed by atoms with Gasteiger partial charge in [0.15, 0.2) is 0 Å². The molecule has 0 saturated carbocycles. The molecule has 2 nitrogen and oxygen atoms in total. The van der Waals surface area contributed by atoms with Gasteiger partial charge in [-0.25, -0.2) is 0 Å². The van der Waals surface area contributed by atoms with Gasteiger partial charge in [-0.05, 0) is 6.42 Å². The maximum absolute atomic E-state index is 11.1. The van der Waals surface area contributed by atoms with E-state index >= 15 is 0 Å². The van der Waals surface area contributed by atoms with Crippen LogP contribution in [0.4, 0.5) is 8.78 Å². The number of aliphatic hydroxyl groups excluding tert-OH is 1. The maximum atomic E-state index is 11.1. The summed E-state index contributed by atoms with van der Waals surface area (Å²) >= 11 is 0. The molecular formula is C4H8F2NO. The lowest BCUT2D eigenvalue weighted by Gasteiger charge is -1.95. The first-order valence-corrected chi connectivity index (χ1v) is 2.33. The molecule has 0 unspecified atom stereocenters. The van der Waals surface area contributed by atoms with Gasteiger partial charge in [0.1, 0.15) is 0 Å². The summed E-state index contributed by atoms with van der Waals surface area (Å²) in [5.74, 6) is 0. The Morgan fingerprint density at radius 1 is 1.50 bits per heavy atom. The van der Waals surface area contributed by atoms with Gasteiger partial charge in [-0.15, -0.1) is 0 Å². The molecule has 0 aliphatic carbocycles. The summed E-state index contributed by atoms with van der Waals surface area (Å²) < 4.78 is 22.2. The minimum absolute atomic E-state index is 0.0498. The molecule has 0 aliphatic heterocycles. The largest absolute Gasteiger partial charge is 0.396 e. The number of hydrogen-bond donors (Lipinski definition) is 1. The Morgan fingerprint density at radius 2 is 2.12 bits per heavy atom. The molecule has 8 heavy (non-hydrogen) atoms. The summed E-state index contributed by atoms with van der Waals surface area (Å²) in [7, 11) is 0. The fourth-order valence-corrected chi connectivity index (χ4v) is 0.260. The minimum atomic E-state index is -2.58. The van der Waals surface area contributed by atoms with Crippen LogP contribution in [0.2, 0.25) is 0 Å². The van der Waals surface area contributed by atoms with Crippen molar-refractivity contribution in [2.24, 2.45) is 0 Å². The van der Waals surface area contributed by atoms with Crippen LogP contribution >= 0.6 is 0 Å². The highest BCUT2D eigenvalue weighted by Gasteiger charge is 1.98. The van der Waals surface area contributed by atoms with Gasteiger partial charge in [0.2, 0.25) is 0 Å². The van der Waals surface area contributed by atoms with E-state index in [0.29, 0.717) is 6.42 Å². The molecule has 0 aromatic heterocycles. The number of halogens is 2. The molecule has 49 valence electrons. The van der Waals surface area contributed by atoms with Crippen LogP contribution in [0.5, 0.6) is 0 Å². The number of nitrogens with zero attached hydrogens (tertiary/aromatic N) is 1. The predicted molar refractivity (Wildman–Crippen MR) is 24.7 cm³/mol. The van der Waals surface area contributed by atoms with E-state index in [2.05, 4.69) is 5.32 Å². The van der Waals surface area contributed by atoms with E-state index in [9.17, 15) is 8.78 Å². The van der Waals surface area contributed by atoms with E-state index in [1.165, 1.54) is 0 Å². The summed E-state index contributed by atoms with van der Waals surface area (Å²) in [4.78, 5) is 0. The van der Waals surface area contributed by atoms with Crippen LogP contribution in [-0.2, 0) is 0 Å². The summed E-state index contributed by atoms with van der Waals surface area (Å²) in [5.41, 5.74) is 0. The third-order valence-corrected chi connectivity index (χ3v) is 0.583. The maximum Gasteiger partial charge on any atom is 0.307 e. The second-order valence-electron chi connectivity index (χ2n) is 1.26. The topological polar surface area (TPSA) is 34.3 Å². The van der Waals surface area contributed by atoms with Crippen LogP contribution in [-0.4, -0.2) is 24.8 Å². The van der Waals surface area contributed by atoms with Gasteiger partial charge in [-0.1, -0.05) is 0 Å². The molecule has 4 heteroatoms. The van der Waals surface area contributed by atoms with Crippen molar-refractivity contribution in [3.05, 3.63) is 0 Å². The Kier molecular flexibility index (Phi) is 4.79. The Labute approximate surface area is 46.5 Å². The van der Waals surface area contributed by atoms with Crippen molar-refractivity contribution in [3.8, 4) is 0 Å². The van der Waals surface area contributed by atoms with Crippen LogP contribution in [0, 0.1) is 0 Å². The number of hydrogen-bond acceptors (Lipinski definition) is 1. The zero-order valence-corrected chi connectivity index (χ0v) is 4.35. The smallest absolute Gasteiger partial charge is 0.307 e. The van der Waals surface area contributed by atoms with E-state index in [1.54, 1.807) is 0 Å². The molecule has 0 fully saturated rings. The Balaban J connectivity index is 2.72. The fraction of sp³-hybridized carbons (Fsp3) is 1.00. The summed E-state index contributed by atoms with van der Waals surface area (Å²) in [6, 6.07) is 0. The normalized spacial score (nSPS) is 10.5. The molecule has 0 aromatic carbocycles. The highest BCUT2D eigenvalue weighted by atomic mass is 19.3. The molecule has 0 saturated heterocycles. The quantitative estimate of drug-likeness (QED) is 0.421. The monoisotopic (exact) mass is 124 g/mol. The minimum Gasteiger partial charge on any atom is -0.396 e. The van der Waals surface area contributed by atoms with E-state index in [-0.39, 0.29) is 13.2 Å². The van der Waals surface area contributed by atoms with Gasteiger partial charge in [0.25, 0.3) is 0 Å². The highest BCUT2D eigenvalue weighted by Crippen LogP contribution is 1.87. The van der Waals surface area contributed by atoms with Gasteiger partial charge in [0.05, 0.1) is 0 Å². The molecule has 0 amide bonds. The Morgan fingerprint density at radius 3 is 2.50 bits per heavy atom. The van der Waals surface area contributed by atoms with Gasteiger partial charge < -0.3 is 5.11 Å². The SMILES string of the molecule is OCCC[N]C(F)F. The molecule has 0 rings (SSSR count). The molecular weight excluding hydrogens is 116 g/mol.